The first kappa shape index (κ1) is 29.5. The van der Waals surface area contributed by atoms with E-state index in [4.69, 9.17) is 14.2 Å². The van der Waals surface area contributed by atoms with Gasteiger partial charge in [-0.25, -0.2) is 0 Å². The predicted molar refractivity (Wildman–Crippen MR) is 171 cm³/mol. The Morgan fingerprint density at radius 2 is 1.81 bits per heavy atom. The molecule has 4 fully saturated rings. The first-order valence-corrected chi connectivity index (χ1v) is 16.5. The third kappa shape index (κ3) is 5.95. The molecule has 1 heterocycles. The molecule has 3 saturated carbocycles. The van der Waals surface area contributed by atoms with Gasteiger partial charge in [0.05, 0.1) is 19.8 Å². The van der Waals surface area contributed by atoms with Crippen molar-refractivity contribution in [3.8, 4) is 11.8 Å². The first-order chi connectivity index (χ1) is 20.2. The molecule has 5 atom stereocenters. The average Bonchev–Trinajstić information content (AvgIpc) is 3.38. The molecule has 5 unspecified atom stereocenters. The Labute approximate surface area is 254 Å². The van der Waals surface area contributed by atoms with Crippen LogP contribution in [0.1, 0.15) is 103 Å². The number of hydrogen-bond donors (Lipinski definition) is 0. The maximum Gasteiger partial charge on any atom is 0.169 e. The van der Waals surface area contributed by atoms with Crippen LogP contribution in [0.3, 0.4) is 0 Å². The van der Waals surface area contributed by atoms with Gasteiger partial charge in [-0.2, -0.15) is 0 Å². The number of hydrogen-bond acceptors (Lipinski definition) is 3. The molecule has 0 aromatic heterocycles. The van der Waals surface area contributed by atoms with E-state index in [0.29, 0.717) is 29.6 Å². The van der Waals surface area contributed by atoms with Crippen LogP contribution in [0.2, 0.25) is 0 Å². The van der Waals surface area contributed by atoms with Crippen molar-refractivity contribution < 1.29 is 14.2 Å². The van der Waals surface area contributed by atoms with Crippen LogP contribution in [0.25, 0.3) is 0 Å². The van der Waals surface area contributed by atoms with E-state index in [2.05, 4.69) is 63.5 Å². The summed E-state index contributed by atoms with van der Waals surface area (Å²) in [5.74, 6) is 9.53. The van der Waals surface area contributed by atoms with Crippen molar-refractivity contribution >= 4 is 0 Å². The lowest BCUT2D eigenvalue weighted by Gasteiger charge is -2.54. The lowest BCUT2D eigenvalue weighted by atomic mass is 9.52. The molecule has 1 spiro atoms. The Morgan fingerprint density at radius 1 is 1.02 bits per heavy atom. The summed E-state index contributed by atoms with van der Waals surface area (Å²) in [6.45, 7) is 15.2. The highest BCUT2D eigenvalue weighted by Crippen LogP contribution is 2.64. The lowest BCUT2D eigenvalue weighted by Crippen LogP contribution is -2.51. The Balaban J connectivity index is 1.23. The monoisotopic (exact) mass is 566 g/mol. The van der Waals surface area contributed by atoms with Gasteiger partial charge in [0.2, 0.25) is 0 Å². The minimum atomic E-state index is -0.356. The Hall–Kier alpha value is -2.54. The van der Waals surface area contributed by atoms with Gasteiger partial charge >= 0.3 is 0 Å². The highest BCUT2D eigenvalue weighted by Gasteiger charge is 2.55. The van der Waals surface area contributed by atoms with Crippen LogP contribution in [0.5, 0.6) is 0 Å². The minimum absolute atomic E-state index is 0.117. The van der Waals surface area contributed by atoms with Crippen molar-refractivity contribution in [1.29, 1.82) is 0 Å². The lowest BCUT2D eigenvalue weighted by molar-refractivity contribution is -0.312. The normalized spacial score (nSPS) is 33.1. The summed E-state index contributed by atoms with van der Waals surface area (Å²) in [6.07, 6.45) is 18.9. The molecule has 5 aliphatic rings. The van der Waals surface area contributed by atoms with Crippen molar-refractivity contribution in [2.24, 2.45) is 28.6 Å². The maximum absolute atomic E-state index is 6.52. The summed E-state index contributed by atoms with van der Waals surface area (Å²) in [6, 6.07) is 9.20. The Kier molecular flexibility index (Phi) is 8.34. The number of allylic oxidation sites excluding steroid dienone is 6. The maximum atomic E-state index is 6.52. The third-order valence-electron chi connectivity index (χ3n) is 11.0. The fourth-order valence-corrected chi connectivity index (χ4v) is 8.96. The van der Waals surface area contributed by atoms with Crippen molar-refractivity contribution in [3.63, 3.8) is 0 Å². The molecule has 0 radical (unpaired) electrons. The van der Waals surface area contributed by atoms with Crippen LogP contribution in [0.4, 0.5) is 0 Å². The summed E-state index contributed by atoms with van der Waals surface area (Å²) >= 11 is 0. The van der Waals surface area contributed by atoms with Gasteiger partial charge in [-0.1, -0.05) is 81.0 Å². The summed E-state index contributed by atoms with van der Waals surface area (Å²) < 4.78 is 18.4. The van der Waals surface area contributed by atoms with Gasteiger partial charge in [0.15, 0.2) is 5.79 Å². The second kappa shape index (κ2) is 11.9. The molecule has 42 heavy (non-hydrogen) atoms. The van der Waals surface area contributed by atoms with Crippen molar-refractivity contribution in [2.45, 2.75) is 97.2 Å². The van der Waals surface area contributed by atoms with Crippen LogP contribution >= 0.6 is 0 Å². The number of ether oxygens (including phenoxy) is 3. The van der Waals surface area contributed by atoms with Gasteiger partial charge in [0.1, 0.15) is 5.76 Å². The summed E-state index contributed by atoms with van der Waals surface area (Å²) in [7, 11) is 0. The minimum Gasteiger partial charge on any atom is -0.495 e. The zero-order valence-corrected chi connectivity index (χ0v) is 26.3. The van der Waals surface area contributed by atoms with E-state index in [-0.39, 0.29) is 11.2 Å². The molecular weight excluding hydrogens is 516 g/mol. The Morgan fingerprint density at radius 3 is 2.57 bits per heavy atom. The second-order valence-electron chi connectivity index (χ2n) is 14.6. The largest absolute Gasteiger partial charge is 0.495 e. The molecule has 3 heteroatoms. The highest BCUT2D eigenvalue weighted by molar-refractivity contribution is 5.44. The van der Waals surface area contributed by atoms with E-state index < -0.39 is 0 Å². The molecule has 1 aromatic carbocycles. The van der Waals surface area contributed by atoms with Crippen LogP contribution in [-0.4, -0.2) is 25.6 Å². The fraction of sp³-hybridized carbons (Fsp3) is 0.590. The van der Waals surface area contributed by atoms with E-state index in [1.807, 2.05) is 36.8 Å². The quantitative estimate of drug-likeness (QED) is 0.154. The van der Waals surface area contributed by atoms with Gasteiger partial charge < -0.3 is 14.2 Å². The van der Waals surface area contributed by atoms with Crippen molar-refractivity contribution in [3.05, 3.63) is 83.2 Å². The SMILES string of the molecule is C=C(/C=C/C=C/C#Cc1ccc(C2CC3(C)CCCC3C3CCC4CC5(CCC4=C23)OCC(C)(C)CO5)cc1)OCC. The van der Waals surface area contributed by atoms with E-state index in [1.54, 1.807) is 5.57 Å². The number of fused-ring (bicyclic) bond motifs is 4. The summed E-state index contributed by atoms with van der Waals surface area (Å²) in [5, 5.41) is 0. The van der Waals surface area contributed by atoms with E-state index in [0.717, 1.165) is 49.9 Å². The molecule has 0 bridgehead atoms. The molecule has 0 N–H and O–H groups in total. The van der Waals surface area contributed by atoms with Crippen LogP contribution < -0.4 is 0 Å². The Bertz CT molecular complexity index is 1310. The molecule has 1 aliphatic heterocycles. The van der Waals surface area contributed by atoms with E-state index >= 15 is 0 Å². The molecule has 3 nitrogen and oxygen atoms in total. The summed E-state index contributed by atoms with van der Waals surface area (Å²) in [5.41, 5.74) is 6.74. The predicted octanol–water partition coefficient (Wildman–Crippen LogP) is 9.27. The second-order valence-corrected chi connectivity index (χ2v) is 14.6. The highest BCUT2D eigenvalue weighted by atomic mass is 16.7. The molecule has 0 amide bonds. The molecule has 4 aliphatic carbocycles. The number of rotatable bonds is 5. The van der Waals surface area contributed by atoms with Crippen LogP contribution in [0.15, 0.2) is 72.1 Å². The number of benzene rings is 1. The molecule has 6 rings (SSSR count). The molecular formula is C39H50O3. The van der Waals surface area contributed by atoms with Gasteiger partial charge in [0, 0.05) is 29.7 Å². The van der Waals surface area contributed by atoms with Crippen LogP contribution in [-0.2, 0) is 14.2 Å². The molecule has 224 valence electrons. The van der Waals surface area contributed by atoms with Crippen LogP contribution in [0, 0.1) is 40.4 Å². The third-order valence-corrected chi connectivity index (χ3v) is 11.0. The smallest absolute Gasteiger partial charge is 0.169 e. The van der Waals surface area contributed by atoms with E-state index in [1.165, 1.54) is 44.1 Å². The fourth-order valence-electron chi connectivity index (χ4n) is 8.96. The molecule has 1 saturated heterocycles. The van der Waals surface area contributed by atoms with E-state index in [9.17, 15) is 0 Å². The standard InChI is InChI=1S/C39H50O3/c1-6-40-28(2)12-9-7-8-10-13-29-15-17-30(18-16-29)34-25-38(5)22-11-14-35(38)33-20-19-31-24-39(23-21-32(31)36(33)34)41-26-37(3,4)27-42-39/h7-9,12,15-18,31,33-35H,2,6,11,14,19-27H2,1,3-5H3/b8-7+,12-9+. The van der Waals surface area contributed by atoms with Gasteiger partial charge in [0.25, 0.3) is 0 Å². The topological polar surface area (TPSA) is 27.7 Å². The van der Waals surface area contributed by atoms with Gasteiger partial charge in [-0.15, -0.1) is 0 Å². The summed E-state index contributed by atoms with van der Waals surface area (Å²) in [4.78, 5) is 0. The van der Waals surface area contributed by atoms with Crippen molar-refractivity contribution in [1.82, 2.24) is 0 Å². The van der Waals surface area contributed by atoms with Crippen molar-refractivity contribution in [2.75, 3.05) is 19.8 Å². The first-order valence-electron chi connectivity index (χ1n) is 16.5. The zero-order valence-electron chi connectivity index (χ0n) is 26.3. The molecule has 1 aromatic rings. The average molecular weight is 567 g/mol. The van der Waals surface area contributed by atoms with Gasteiger partial charge in [-0.05, 0) is 98.5 Å². The zero-order chi connectivity index (χ0) is 29.4. The van der Waals surface area contributed by atoms with Gasteiger partial charge in [-0.3, -0.25) is 0 Å².